The lowest BCUT2D eigenvalue weighted by atomic mass is 10.3. The first kappa shape index (κ1) is 17.6. The van der Waals surface area contributed by atoms with E-state index in [0.29, 0.717) is 28.6 Å². The summed E-state index contributed by atoms with van der Waals surface area (Å²) < 4.78 is 48.1. The van der Waals surface area contributed by atoms with Gasteiger partial charge in [-0.25, -0.2) is 0 Å². The van der Waals surface area contributed by atoms with Crippen LogP contribution in [0.5, 0.6) is 17.2 Å². The van der Waals surface area contributed by atoms with Crippen molar-refractivity contribution < 1.29 is 22.6 Å². The minimum Gasteiger partial charge on any atom is -0.497 e. The van der Waals surface area contributed by atoms with Crippen molar-refractivity contribution in [3.8, 4) is 17.2 Å². The molecule has 1 aliphatic rings. The second-order valence-electron chi connectivity index (χ2n) is 5.70. The van der Waals surface area contributed by atoms with Gasteiger partial charge in [-0.2, -0.15) is 8.42 Å². The molecule has 0 aliphatic carbocycles. The predicted octanol–water partition coefficient (Wildman–Crippen LogP) is 2.92. The molecule has 2 heterocycles. The van der Waals surface area contributed by atoms with E-state index in [1.54, 1.807) is 22.8 Å². The summed E-state index contributed by atoms with van der Waals surface area (Å²) in [4.78, 5) is 0.449. The van der Waals surface area contributed by atoms with Gasteiger partial charge in [0.05, 0.1) is 22.2 Å². The molecule has 0 saturated heterocycles. The molecule has 7 nitrogen and oxygen atoms in total. The fourth-order valence-electron chi connectivity index (χ4n) is 2.74. The number of hydrogen-bond donors (Lipinski definition) is 0. The van der Waals surface area contributed by atoms with Crippen molar-refractivity contribution in [1.82, 2.24) is 4.57 Å². The Kier molecular flexibility index (Phi) is 4.40. The molecule has 0 saturated carbocycles. The minimum atomic E-state index is -3.88. The third-order valence-corrected chi connectivity index (χ3v) is 6.48. The highest BCUT2D eigenvalue weighted by atomic mass is 32.2. The van der Waals surface area contributed by atoms with Crippen molar-refractivity contribution in [3.63, 3.8) is 0 Å². The predicted molar refractivity (Wildman–Crippen MR) is 102 cm³/mol. The second-order valence-corrected chi connectivity index (χ2v) is 8.31. The zero-order valence-electron chi connectivity index (χ0n) is 14.4. The number of hydrogen-bond acceptors (Lipinski definition) is 6. The van der Waals surface area contributed by atoms with E-state index >= 15 is 0 Å². The lowest BCUT2D eigenvalue weighted by Gasteiger charge is -2.03. The molecular formula is C18H16N2O5S2. The highest BCUT2D eigenvalue weighted by Crippen LogP contribution is 2.37. The summed E-state index contributed by atoms with van der Waals surface area (Å²) in [6, 6.07) is 9.78. The standard InChI is InChI=1S/C18H16N2O5S2/c1-3-8-20-14-9-15-16(25-11-24-15)10-17(14)26-18(20)19-27(21,22)13-6-4-12(23-2)5-7-13/h3-7,9-10H,1,8,11H2,2H3/b19-18-. The van der Waals surface area contributed by atoms with E-state index in [1.807, 2.05) is 12.1 Å². The summed E-state index contributed by atoms with van der Waals surface area (Å²) in [5.41, 5.74) is 0.813. The monoisotopic (exact) mass is 404 g/mol. The number of benzene rings is 2. The quantitative estimate of drug-likeness (QED) is 0.611. The number of methoxy groups -OCH3 is 1. The largest absolute Gasteiger partial charge is 0.497 e. The third-order valence-electron chi connectivity index (χ3n) is 4.04. The zero-order valence-corrected chi connectivity index (χ0v) is 16.0. The molecule has 0 radical (unpaired) electrons. The molecule has 2 aromatic carbocycles. The Labute approximate surface area is 159 Å². The number of aromatic nitrogens is 1. The lowest BCUT2D eigenvalue weighted by molar-refractivity contribution is 0.174. The van der Waals surface area contributed by atoms with Crippen molar-refractivity contribution in [2.24, 2.45) is 4.40 Å². The first-order valence-corrected chi connectivity index (χ1v) is 10.3. The normalized spacial score (nSPS) is 13.9. The van der Waals surface area contributed by atoms with E-state index in [-0.39, 0.29) is 11.7 Å². The smallest absolute Gasteiger partial charge is 0.285 e. The van der Waals surface area contributed by atoms with E-state index < -0.39 is 10.0 Å². The van der Waals surface area contributed by atoms with Crippen LogP contribution in [-0.4, -0.2) is 26.9 Å². The van der Waals surface area contributed by atoms with Gasteiger partial charge in [-0.3, -0.25) is 0 Å². The summed E-state index contributed by atoms with van der Waals surface area (Å²) in [5, 5.41) is 0. The first-order chi connectivity index (χ1) is 13.0. The van der Waals surface area contributed by atoms with Crippen molar-refractivity contribution in [2.75, 3.05) is 13.9 Å². The molecule has 140 valence electrons. The highest BCUT2D eigenvalue weighted by Gasteiger charge is 2.19. The molecule has 1 aromatic heterocycles. The van der Waals surface area contributed by atoms with Crippen LogP contribution in [0.25, 0.3) is 10.2 Å². The maximum absolute atomic E-state index is 12.7. The molecule has 1 aliphatic heterocycles. The molecular weight excluding hydrogens is 388 g/mol. The number of nitrogens with zero attached hydrogens (tertiary/aromatic N) is 2. The molecule has 0 amide bonds. The van der Waals surface area contributed by atoms with Crippen LogP contribution in [-0.2, 0) is 16.6 Å². The van der Waals surface area contributed by atoms with E-state index in [0.717, 1.165) is 10.2 Å². The topological polar surface area (TPSA) is 79.1 Å². The van der Waals surface area contributed by atoms with Gasteiger partial charge in [0.15, 0.2) is 11.5 Å². The van der Waals surface area contributed by atoms with Gasteiger partial charge < -0.3 is 18.8 Å². The van der Waals surface area contributed by atoms with Gasteiger partial charge in [0, 0.05) is 18.7 Å². The Hall–Kier alpha value is -2.78. The molecule has 0 N–H and O–H groups in total. The second kappa shape index (κ2) is 6.75. The van der Waals surface area contributed by atoms with E-state index in [4.69, 9.17) is 14.2 Å². The van der Waals surface area contributed by atoms with Gasteiger partial charge in [-0.15, -0.1) is 11.0 Å². The molecule has 4 rings (SSSR count). The average molecular weight is 404 g/mol. The van der Waals surface area contributed by atoms with Gasteiger partial charge >= 0.3 is 0 Å². The molecule has 27 heavy (non-hydrogen) atoms. The van der Waals surface area contributed by atoms with Crippen molar-refractivity contribution >= 4 is 31.6 Å². The number of rotatable bonds is 5. The summed E-state index contributed by atoms with van der Waals surface area (Å²) >= 11 is 1.27. The van der Waals surface area contributed by atoms with Crippen molar-refractivity contribution in [3.05, 3.63) is 53.9 Å². The SMILES string of the molecule is C=CCn1/c(=N/S(=O)(=O)c2ccc(OC)cc2)sc2cc3c(cc21)OCO3. The van der Waals surface area contributed by atoms with E-state index in [1.165, 1.54) is 30.6 Å². The molecule has 0 atom stereocenters. The van der Waals surface area contributed by atoms with Crippen molar-refractivity contribution in [1.29, 1.82) is 0 Å². The van der Waals surface area contributed by atoms with E-state index in [9.17, 15) is 8.42 Å². The summed E-state index contributed by atoms with van der Waals surface area (Å²) in [7, 11) is -2.35. The van der Waals surface area contributed by atoms with Gasteiger partial charge in [0.2, 0.25) is 11.6 Å². The maximum atomic E-state index is 12.7. The molecule has 0 spiro atoms. The van der Waals surface area contributed by atoms with Crippen LogP contribution in [0.2, 0.25) is 0 Å². The minimum absolute atomic E-state index is 0.0973. The number of thiazole rings is 1. The third kappa shape index (κ3) is 3.19. The molecule has 9 heteroatoms. The summed E-state index contributed by atoms with van der Waals surface area (Å²) in [5.74, 6) is 1.84. The van der Waals surface area contributed by atoms with Gasteiger partial charge in [0.1, 0.15) is 5.75 Å². The van der Waals surface area contributed by atoms with Crippen LogP contribution < -0.4 is 19.0 Å². The Morgan fingerprint density at radius 3 is 2.63 bits per heavy atom. The lowest BCUT2D eigenvalue weighted by Crippen LogP contribution is -2.16. The van der Waals surface area contributed by atoms with Crippen LogP contribution in [0.1, 0.15) is 0 Å². The Bertz CT molecular complexity index is 1190. The fraction of sp³-hybridized carbons (Fsp3) is 0.167. The van der Waals surface area contributed by atoms with Crippen LogP contribution in [0.4, 0.5) is 0 Å². The molecule has 0 unspecified atom stereocenters. The Balaban J connectivity index is 1.88. The fourth-order valence-corrected chi connectivity index (χ4v) is 4.99. The first-order valence-electron chi connectivity index (χ1n) is 8.01. The van der Waals surface area contributed by atoms with Crippen LogP contribution in [0.15, 0.2) is 58.3 Å². The van der Waals surface area contributed by atoms with Gasteiger partial charge in [-0.05, 0) is 24.3 Å². The van der Waals surface area contributed by atoms with Crippen LogP contribution in [0, 0.1) is 0 Å². The van der Waals surface area contributed by atoms with Crippen LogP contribution >= 0.6 is 11.3 Å². The Morgan fingerprint density at radius 2 is 1.96 bits per heavy atom. The number of allylic oxidation sites excluding steroid dienone is 1. The summed E-state index contributed by atoms with van der Waals surface area (Å²) in [6.07, 6.45) is 1.69. The number of fused-ring (bicyclic) bond motifs is 2. The molecule has 3 aromatic rings. The van der Waals surface area contributed by atoms with Crippen molar-refractivity contribution in [2.45, 2.75) is 11.4 Å². The average Bonchev–Trinajstić information content (AvgIpc) is 3.24. The van der Waals surface area contributed by atoms with Gasteiger partial charge in [0.25, 0.3) is 10.0 Å². The Morgan fingerprint density at radius 1 is 1.26 bits per heavy atom. The molecule has 0 bridgehead atoms. The van der Waals surface area contributed by atoms with Crippen LogP contribution in [0.3, 0.4) is 0 Å². The maximum Gasteiger partial charge on any atom is 0.285 e. The summed E-state index contributed by atoms with van der Waals surface area (Å²) in [6.45, 7) is 4.34. The molecule has 0 fully saturated rings. The highest BCUT2D eigenvalue weighted by molar-refractivity contribution is 7.90. The number of sulfonamides is 1. The van der Waals surface area contributed by atoms with Gasteiger partial charge in [-0.1, -0.05) is 17.4 Å². The van der Waals surface area contributed by atoms with E-state index in [2.05, 4.69) is 11.0 Å². The number of ether oxygens (including phenoxy) is 3. The zero-order chi connectivity index (χ0) is 19.0.